The van der Waals surface area contributed by atoms with E-state index in [9.17, 15) is 9.59 Å². The zero-order chi connectivity index (χ0) is 26.5. The largest absolute Gasteiger partial charge is 0.457 e. The SMILES string of the molecule is CC(=O)c1ccc(-c2ccc(C=c3sc4n(c3=O)C(c3ccccc3)C3=C(N=4)c4ccccc4CC3)o2)cc1. The molecule has 0 N–H and O–H groups in total. The van der Waals surface area contributed by atoms with E-state index in [2.05, 4.69) is 36.4 Å². The molecule has 1 aliphatic carbocycles. The molecule has 3 heterocycles. The Hall–Kier alpha value is -4.55. The highest BCUT2D eigenvalue weighted by Crippen LogP contribution is 2.41. The van der Waals surface area contributed by atoms with E-state index < -0.39 is 0 Å². The van der Waals surface area contributed by atoms with Gasteiger partial charge in [-0.2, -0.15) is 0 Å². The van der Waals surface area contributed by atoms with E-state index >= 15 is 0 Å². The molecular formula is C33H24N2O3S. The zero-order valence-corrected chi connectivity index (χ0v) is 22.1. The van der Waals surface area contributed by atoms with Gasteiger partial charge in [0.1, 0.15) is 11.5 Å². The highest BCUT2D eigenvalue weighted by Gasteiger charge is 2.32. The lowest BCUT2D eigenvalue weighted by Crippen LogP contribution is -2.38. The number of carbonyl (C=O) groups excluding carboxylic acids is 1. The van der Waals surface area contributed by atoms with Crippen molar-refractivity contribution in [1.29, 1.82) is 0 Å². The van der Waals surface area contributed by atoms with Crippen LogP contribution in [0.15, 0.2) is 111 Å². The number of hydrogen-bond donors (Lipinski definition) is 0. The number of benzene rings is 3. The van der Waals surface area contributed by atoms with Gasteiger partial charge in [0.05, 0.1) is 16.3 Å². The number of furan rings is 1. The molecule has 2 aliphatic rings. The predicted molar refractivity (Wildman–Crippen MR) is 153 cm³/mol. The molecule has 0 amide bonds. The lowest BCUT2D eigenvalue weighted by Gasteiger charge is -2.30. The van der Waals surface area contributed by atoms with Gasteiger partial charge in [0.25, 0.3) is 5.56 Å². The van der Waals surface area contributed by atoms with Crippen molar-refractivity contribution in [2.24, 2.45) is 4.99 Å². The van der Waals surface area contributed by atoms with E-state index in [-0.39, 0.29) is 17.4 Å². The summed E-state index contributed by atoms with van der Waals surface area (Å²) < 4.78 is 8.52. The van der Waals surface area contributed by atoms with Gasteiger partial charge < -0.3 is 4.42 Å². The van der Waals surface area contributed by atoms with Crippen LogP contribution >= 0.6 is 11.3 Å². The van der Waals surface area contributed by atoms with Crippen LogP contribution < -0.4 is 14.9 Å². The van der Waals surface area contributed by atoms with Gasteiger partial charge in [-0.15, -0.1) is 0 Å². The summed E-state index contributed by atoms with van der Waals surface area (Å²) in [6.07, 6.45) is 3.60. The van der Waals surface area contributed by atoms with E-state index in [4.69, 9.17) is 9.41 Å². The molecule has 2 aromatic heterocycles. The Labute approximate surface area is 228 Å². The zero-order valence-electron chi connectivity index (χ0n) is 21.3. The molecule has 0 bridgehead atoms. The van der Waals surface area contributed by atoms with E-state index in [1.807, 2.05) is 47.0 Å². The summed E-state index contributed by atoms with van der Waals surface area (Å²) in [4.78, 5) is 31.3. The highest BCUT2D eigenvalue weighted by molar-refractivity contribution is 7.07. The van der Waals surface area contributed by atoms with Crippen molar-refractivity contribution in [3.05, 3.63) is 144 Å². The minimum atomic E-state index is -0.195. The van der Waals surface area contributed by atoms with E-state index in [1.54, 1.807) is 25.1 Å². The van der Waals surface area contributed by atoms with Crippen LogP contribution in [-0.2, 0) is 6.42 Å². The summed E-state index contributed by atoms with van der Waals surface area (Å²) in [5.74, 6) is 1.30. The number of nitrogens with zero attached hydrogens (tertiary/aromatic N) is 2. The molecule has 3 aromatic carbocycles. The van der Waals surface area contributed by atoms with Gasteiger partial charge in [0.2, 0.25) is 0 Å². The maximum absolute atomic E-state index is 13.9. The maximum atomic E-state index is 13.9. The smallest absolute Gasteiger partial charge is 0.271 e. The number of fused-ring (bicyclic) bond motifs is 3. The van der Waals surface area contributed by atoms with Crippen molar-refractivity contribution in [1.82, 2.24) is 4.57 Å². The predicted octanol–water partition coefficient (Wildman–Crippen LogP) is 5.78. The second-order valence-electron chi connectivity index (χ2n) is 9.86. The average molecular weight is 529 g/mol. The molecule has 0 spiro atoms. The van der Waals surface area contributed by atoms with Gasteiger partial charge in [0, 0.05) is 22.8 Å². The highest BCUT2D eigenvalue weighted by atomic mass is 32.1. The Balaban J connectivity index is 1.35. The third-order valence-electron chi connectivity index (χ3n) is 7.46. The first-order valence-corrected chi connectivity index (χ1v) is 13.8. The number of aromatic nitrogens is 1. The summed E-state index contributed by atoms with van der Waals surface area (Å²) in [5.41, 5.74) is 7.18. The van der Waals surface area contributed by atoms with E-state index in [0.717, 1.165) is 35.2 Å². The first kappa shape index (κ1) is 23.6. The molecule has 39 heavy (non-hydrogen) atoms. The van der Waals surface area contributed by atoms with Gasteiger partial charge >= 0.3 is 0 Å². The lowest BCUT2D eigenvalue weighted by molar-refractivity contribution is 0.101. The minimum absolute atomic E-state index is 0.0241. The quantitative estimate of drug-likeness (QED) is 0.278. The summed E-state index contributed by atoms with van der Waals surface area (Å²) in [6, 6.07) is 29.5. The van der Waals surface area contributed by atoms with Crippen molar-refractivity contribution in [2.45, 2.75) is 25.8 Å². The Bertz CT molecular complexity index is 1960. The molecular weight excluding hydrogens is 504 g/mol. The number of aryl methyl sites for hydroxylation is 1. The number of ketones is 1. The number of rotatable bonds is 4. The number of allylic oxidation sites excluding steroid dienone is 1. The van der Waals surface area contributed by atoms with Crippen LogP contribution in [0, 0.1) is 0 Å². The number of carbonyl (C=O) groups is 1. The van der Waals surface area contributed by atoms with E-state index in [0.29, 0.717) is 26.4 Å². The van der Waals surface area contributed by atoms with Crippen LogP contribution in [0.5, 0.6) is 0 Å². The molecule has 7 rings (SSSR count). The first-order chi connectivity index (χ1) is 19.1. The van der Waals surface area contributed by atoms with Gasteiger partial charge in [-0.05, 0) is 48.6 Å². The minimum Gasteiger partial charge on any atom is -0.457 e. The normalized spacial score (nSPS) is 16.3. The fraction of sp³-hybridized carbons (Fsp3) is 0.121. The van der Waals surface area contributed by atoms with Gasteiger partial charge in [-0.1, -0.05) is 90.2 Å². The molecule has 5 aromatic rings. The Kier molecular flexibility index (Phi) is 5.63. The summed E-state index contributed by atoms with van der Waals surface area (Å²) in [7, 11) is 0. The lowest BCUT2D eigenvalue weighted by atomic mass is 9.83. The molecule has 1 atom stereocenters. The van der Waals surface area contributed by atoms with Crippen LogP contribution in [0.1, 0.15) is 52.2 Å². The molecule has 1 unspecified atom stereocenters. The third kappa shape index (κ3) is 4.04. The fourth-order valence-corrected chi connectivity index (χ4v) is 6.52. The molecule has 1 aliphatic heterocycles. The summed E-state index contributed by atoms with van der Waals surface area (Å²) in [6.45, 7) is 1.55. The van der Waals surface area contributed by atoms with Crippen LogP contribution in [0.25, 0.3) is 23.1 Å². The Morgan fingerprint density at radius 2 is 1.72 bits per heavy atom. The third-order valence-corrected chi connectivity index (χ3v) is 8.45. The van der Waals surface area contributed by atoms with E-state index in [1.165, 1.54) is 22.5 Å². The molecule has 0 saturated carbocycles. The maximum Gasteiger partial charge on any atom is 0.271 e. The monoisotopic (exact) mass is 528 g/mol. The van der Waals surface area contributed by atoms with Gasteiger partial charge in [-0.25, -0.2) is 4.99 Å². The summed E-state index contributed by atoms with van der Waals surface area (Å²) >= 11 is 1.39. The van der Waals surface area contributed by atoms with Crippen molar-refractivity contribution < 1.29 is 9.21 Å². The van der Waals surface area contributed by atoms with Crippen molar-refractivity contribution in [2.75, 3.05) is 0 Å². The number of thiazole rings is 1. The van der Waals surface area contributed by atoms with Crippen molar-refractivity contribution in [3.63, 3.8) is 0 Å². The molecule has 0 saturated heterocycles. The molecule has 0 fully saturated rings. The van der Waals surface area contributed by atoms with Gasteiger partial charge in [-0.3, -0.25) is 14.2 Å². The second-order valence-corrected chi connectivity index (χ2v) is 10.9. The van der Waals surface area contributed by atoms with Crippen molar-refractivity contribution in [3.8, 4) is 11.3 Å². The molecule has 0 radical (unpaired) electrons. The van der Waals surface area contributed by atoms with Gasteiger partial charge in [0.15, 0.2) is 10.6 Å². The Morgan fingerprint density at radius 1 is 0.949 bits per heavy atom. The second kappa shape index (κ2) is 9.33. The summed E-state index contributed by atoms with van der Waals surface area (Å²) in [5, 5.41) is 0. The standard InChI is InChI=1S/C33H24N2O3S/c1-20(36)21-11-13-23(14-12-21)28-18-16-25(38-28)19-29-32(37)35-31(24-8-3-2-4-9-24)27-17-15-22-7-5-6-10-26(22)30(27)34-33(35)39-29/h2-14,16,18-19,31H,15,17H2,1H3. The molecule has 5 nitrogen and oxygen atoms in total. The van der Waals surface area contributed by atoms with Crippen LogP contribution in [0.4, 0.5) is 0 Å². The fourth-order valence-electron chi connectivity index (χ4n) is 5.54. The Morgan fingerprint density at radius 3 is 2.51 bits per heavy atom. The van der Waals surface area contributed by atoms with Crippen LogP contribution in [0.2, 0.25) is 0 Å². The van der Waals surface area contributed by atoms with Crippen LogP contribution in [-0.4, -0.2) is 10.4 Å². The number of hydrogen-bond acceptors (Lipinski definition) is 5. The first-order valence-electron chi connectivity index (χ1n) is 13.0. The molecule has 6 heteroatoms. The number of Topliss-reactive ketones (excluding diaryl/α,β-unsaturated/α-hetero) is 1. The molecule has 190 valence electrons. The average Bonchev–Trinajstić information content (AvgIpc) is 3.56. The topological polar surface area (TPSA) is 64.6 Å². The van der Waals surface area contributed by atoms with Crippen molar-refractivity contribution >= 4 is 28.9 Å². The van der Waals surface area contributed by atoms with Crippen LogP contribution in [0.3, 0.4) is 0 Å².